The van der Waals surface area contributed by atoms with Crippen LogP contribution in [0.1, 0.15) is 16.7 Å². The van der Waals surface area contributed by atoms with Crippen LogP contribution in [-0.4, -0.2) is 51.0 Å². The normalized spacial score (nSPS) is 16.0. The molecule has 0 atom stereocenters. The maximum Gasteiger partial charge on any atom is 0.516 e. The molecule has 0 spiro atoms. The zero-order valence-corrected chi connectivity index (χ0v) is 16.4. The van der Waals surface area contributed by atoms with E-state index in [4.69, 9.17) is 4.74 Å². The molecular formula is C19H20F3N3O3S. The molecule has 10 heteroatoms. The van der Waals surface area contributed by atoms with Crippen LogP contribution in [-0.2, 0) is 14.8 Å². The maximum absolute atomic E-state index is 12.9. The SMILES string of the molecule is Cc1ccc(NS(=O)(=O)C(F)(F)F)c(/C(=N/N2CCOCC2)c2ccccc2)c1. The minimum atomic E-state index is -5.57. The number of rotatable bonds is 5. The Morgan fingerprint density at radius 2 is 1.76 bits per heavy atom. The van der Waals surface area contributed by atoms with Crippen LogP contribution in [0.3, 0.4) is 0 Å². The fourth-order valence-corrected chi connectivity index (χ4v) is 3.39. The van der Waals surface area contributed by atoms with E-state index in [1.54, 1.807) is 53.1 Å². The Morgan fingerprint density at radius 1 is 1.10 bits per heavy atom. The van der Waals surface area contributed by atoms with Gasteiger partial charge in [0, 0.05) is 11.1 Å². The number of nitrogens with zero attached hydrogens (tertiary/aromatic N) is 2. The molecule has 2 aromatic carbocycles. The Kier molecular flexibility index (Phi) is 6.13. The Bertz CT molecular complexity index is 987. The van der Waals surface area contributed by atoms with Crippen LogP contribution in [0, 0.1) is 6.92 Å². The molecule has 1 N–H and O–H groups in total. The Balaban J connectivity index is 2.12. The summed E-state index contributed by atoms with van der Waals surface area (Å²) in [4.78, 5) is 0. The van der Waals surface area contributed by atoms with Gasteiger partial charge >= 0.3 is 15.5 Å². The molecule has 0 aliphatic carbocycles. The fraction of sp³-hybridized carbons (Fsp3) is 0.316. The van der Waals surface area contributed by atoms with Crippen LogP contribution < -0.4 is 4.72 Å². The number of halogens is 3. The summed E-state index contributed by atoms with van der Waals surface area (Å²) in [6, 6.07) is 13.4. The number of hydrogen-bond acceptors (Lipinski definition) is 5. The van der Waals surface area contributed by atoms with Crippen LogP contribution in [0.4, 0.5) is 18.9 Å². The highest BCUT2D eigenvalue weighted by molar-refractivity contribution is 7.93. The second-order valence-corrected chi connectivity index (χ2v) is 8.15. The van der Waals surface area contributed by atoms with Gasteiger partial charge in [0.25, 0.3) is 0 Å². The summed E-state index contributed by atoms with van der Waals surface area (Å²) < 4.78 is 69.2. The first kappa shape index (κ1) is 21.1. The molecule has 1 aliphatic rings. The molecule has 6 nitrogen and oxygen atoms in total. The van der Waals surface area contributed by atoms with E-state index >= 15 is 0 Å². The van der Waals surface area contributed by atoms with Crippen molar-refractivity contribution in [3.05, 3.63) is 65.2 Å². The van der Waals surface area contributed by atoms with E-state index in [1.807, 2.05) is 0 Å². The molecule has 0 radical (unpaired) electrons. The van der Waals surface area contributed by atoms with Gasteiger partial charge in [-0.05, 0) is 19.1 Å². The molecule has 2 aromatic rings. The van der Waals surface area contributed by atoms with Gasteiger partial charge in [0.05, 0.1) is 37.7 Å². The number of anilines is 1. The summed E-state index contributed by atoms with van der Waals surface area (Å²) in [5, 5.41) is 6.38. The molecule has 0 unspecified atom stereocenters. The predicted molar refractivity (Wildman–Crippen MR) is 104 cm³/mol. The number of nitrogens with one attached hydrogen (secondary N) is 1. The van der Waals surface area contributed by atoms with Gasteiger partial charge in [-0.2, -0.15) is 26.7 Å². The average Bonchev–Trinajstić information content (AvgIpc) is 2.68. The van der Waals surface area contributed by atoms with Crippen molar-refractivity contribution < 1.29 is 26.3 Å². The maximum atomic E-state index is 12.9. The van der Waals surface area contributed by atoms with Gasteiger partial charge in [0.2, 0.25) is 0 Å². The largest absolute Gasteiger partial charge is 0.516 e. The number of morpholine rings is 1. The lowest BCUT2D eigenvalue weighted by Gasteiger charge is -2.26. The van der Waals surface area contributed by atoms with Gasteiger partial charge in [-0.1, -0.05) is 42.0 Å². The summed E-state index contributed by atoms with van der Waals surface area (Å²) in [6.45, 7) is 3.76. The molecule has 29 heavy (non-hydrogen) atoms. The molecule has 1 heterocycles. The lowest BCUT2D eigenvalue weighted by molar-refractivity contribution is -0.0429. The molecule has 0 bridgehead atoms. The zero-order chi connectivity index (χ0) is 21.1. The number of ether oxygens (including phenoxy) is 1. The first-order valence-corrected chi connectivity index (χ1v) is 10.3. The van der Waals surface area contributed by atoms with Gasteiger partial charge in [0.1, 0.15) is 0 Å². The van der Waals surface area contributed by atoms with Gasteiger partial charge in [-0.15, -0.1) is 0 Å². The summed E-state index contributed by atoms with van der Waals surface area (Å²) in [7, 11) is -5.57. The number of hydrogen-bond donors (Lipinski definition) is 1. The molecule has 1 aliphatic heterocycles. The standard InChI is InChI=1S/C19H20F3N3O3S/c1-14-7-8-17(24-29(26,27)19(20,21)22)16(13-14)18(15-5-3-2-4-6-15)23-25-9-11-28-12-10-25/h2-8,13,24H,9-12H2,1H3/b23-18+. The van der Waals surface area contributed by atoms with Crippen LogP contribution in [0.15, 0.2) is 53.6 Å². The van der Waals surface area contributed by atoms with Gasteiger partial charge in [-0.3, -0.25) is 9.73 Å². The Hall–Kier alpha value is -2.59. The minimum absolute atomic E-state index is 0.191. The van der Waals surface area contributed by atoms with Crippen molar-refractivity contribution in [1.82, 2.24) is 5.01 Å². The second-order valence-electron chi connectivity index (χ2n) is 6.48. The summed E-state index contributed by atoms with van der Waals surface area (Å²) in [5.41, 5.74) is -3.59. The topological polar surface area (TPSA) is 71.0 Å². The van der Waals surface area contributed by atoms with E-state index in [9.17, 15) is 21.6 Å². The molecule has 1 saturated heterocycles. The third kappa shape index (κ3) is 5.07. The van der Waals surface area contributed by atoms with Crippen molar-refractivity contribution in [1.29, 1.82) is 0 Å². The smallest absolute Gasteiger partial charge is 0.378 e. The summed E-state index contributed by atoms with van der Waals surface area (Å²) in [5.74, 6) is 0. The highest BCUT2D eigenvalue weighted by Crippen LogP contribution is 2.29. The predicted octanol–water partition coefficient (Wildman–Crippen LogP) is 3.34. The molecule has 1 fully saturated rings. The third-order valence-corrected chi connectivity index (χ3v) is 5.35. The van der Waals surface area contributed by atoms with Crippen molar-refractivity contribution in [2.45, 2.75) is 12.4 Å². The van der Waals surface area contributed by atoms with Gasteiger partial charge < -0.3 is 4.74 Å². The van der Waals surface area contributed by atoms with Crippen molar-refractivity contribution in [3.8, 4) is 0 Å². The van der Waals surface area contributed by atoms with Crippen LogP contribution in [0.2, 0.25) is 0 Å². The lowest BCUT2D eigenvalue weighted by Crippen LogP contribution is -2.34. The molecule has 0 saturated carbocycles. The van der Waals surface area contributed by atoms with E-state index in [-0.39, 0.29) is 11.3 Å². The molecule has 0 amide bonds. The van der Waals surface area contributed by atoms with E-state index in [1.165, 1.54) is 12.1 Å². The zero-order valence-electron chi connectivity index (χ0n) is 15.6. The van der Waals surface area contributed by atoms with Crippen LogP contribution >= 0.6 is 0 Å². The third-order valence-electron chi connectivity index (χ3n) is 4.26. The molecular weight excluding hydrogens is 407 g/mol. The van der Waals surface area contributed by atoms with E-state index in [2.05, 4.69) is 5.10 Å². The summed E-state index contributed by atoms with van der Waals surface area (Å²) in [6.07, 6.45) is 0. The summed E-state index contributed by atoms with van der Waals surface area (Å²) >= 11 is 0. The van der Waals surface area contributed by atoms with E-state index < -0.39 is 15.5 Å². The molecule has 156 valence electrons. The average molecular weight is 427 g/mol. The number of alkyl halides is 3. The first-order valence-electron chi connectivity index (χ1n) is 8.84. The van der Waals surface area contributed by atoms with Crippen LogP contribution in [0.25, 0.3) is 0 Å². The number of aryl methyl sites for hydroxylation is 1. The second kappa shape index (κ2) is 8.42. The monoisotopic (exact) mass is 427 g/mol. The lowest BCUT2D eigenvalue weighted by atomic mass is 9.99. The Labute approximate surface area is 167 Å². The fourth-order valence-electron chi connectivity index (χ4n) is 2.80. The van der Waals surface area contributed by atoms with Gasteiger partial charge in [-0.25, -0.2) is 0 Å². The minimum Gasteiger partial charge on any atom is -0.378 e. The van der Waals surface area contributed by atoms with E-state index in [0.29, 0.717) is 37.6 Å². The number of benzene rings is 2. The quantitative estimate of drug-likeness (QED) is 0.743. The highest BCUT2D eigenvalue weighted by atomic mass is 32.2. The van der Waals surface area contributed by atoms with Crippen molar-refractivity contribution in [2.24, 2.45) is 5.10 Å². The number of sulfonamides is 1. The number of hydrazone groups is 1. The Morgan fingerprint density at radius 3 is 2.38 bits per heavy atom. The molecule has 3 rings (SSSR count). The van der Waals surface area contributed by atoms with Crippen molar-refractivity contribution in [3.63, 3.8) is 0 Å². The van der Waals surface area contributed by atoms with Crippen LogP contribution in [0.5, 0.6) is 0 Å². The van der Waals surface area contributed by atoms with Crippen molar-refractivity contribution >= 4 is 21.4 Å². The highest BCUT2D eigenvalue weighted by Gasteiger charge is 2.46. The molecule has 0 aromatic heterocycles. The van der Waals surface area contributed by atoms with E-state index in [0.717, 1.165) is 5.56 Å². The van der Waals surface area contributed by atoms with Gasteiger partial charge in [0.15, 0.2) is 0 Å². The van der Waals surface area contributed by atoms with Crippen molar-refractivity contribution in [2.75, 3.05) is 31.0 Å². The first-order chi connectivity index (χ1) is 13.7.